The first kappa shape index (κ1) is 17.5. The molecule has 1 fully saturated rings. The number of phenolic OH excluding ortho intramolecular Hbond substituents is 1. The third-order valence-electron chi connectivity index (χ3n) is 4.52. The molecule has 134 valence electrons. The summed E-state index contributed by atoms with van der Waals surface area (Å²) in [5.41, 5.74) is 8.08. The first-order valence-corrected chi connectivity index (χ1v) is 8.36. The van der Waals surface area contributed by atoms with Gasteiger partial charge < -0.3 is 14.6 Å². The molecule has 2 aromatic carbocycles. The molecule has 0 aliphatic carbocycles. The standard InChI is InChI=1S/C19H23FN2O3/c1-4-12-9-15(16(23)10-17(12)24-3)18-19(11(2)21-22-18)25-14-7-5-13(20)6-8-14/h5-11,18-19,21-23H,4H2,1-3H3. The van der Waals surface area contributed by atoms with Crippen LogP contribution >= 0.6 is 0 Å². The van der Waals surface area contributed by atoms with E-state index < -0.39 is 0 Å². The zero-order valence-electron chi connectivity index (χ0n) is 14.5. The van der Waals surface area contributed by atoms with Gasteiger partial charge in [0.05, 0.1) is 19.2 Å². The lowest BCUT2D eigenvalue weighted by Gasteiger charge is -2.24. The number of halogens is 1. The quantitative estimate of drug-likeness (QED) is 0.777. The first-order chi connectivity index (χ1) is 12.0. The molecule has 1 heterocycles. The Kier molecular flexibility index (Phi) is 5.11. The summed E-state index contributed by atoms with van der Waals surface area (Å²) in [4.78, 5) is 0. The van der Waals surface area contributed by atoms with Crippen LogP contribution in [0.2, 0.25) is 0 Å². The van der Waals surface area contributed by atoms with E-state index in [1.54, 1.807) is 25.3 Å². The minimum atomic E-state index is -0.306. The molecule has 25 heavy (non-hydrogen) atoms. The van der Waals surface area contributed by atoms with Crippen molar-refractivity contribution in [2.45, 2.75) is 38.5 Å². The summed E-state index contributed by atoms with van der Waals surface area (Å²) in [6.07, 6.45) is 0.518. The van der Waals surface area contributed by atoms with Crippen LogP contribution in [0, 0.1) is 5.82 Å². The zero-order chi connectivity index (χ0) is 18.0. The molecule has 6 heteroatoms. The zero-order valence-corrected chi connectivity index (χ0v) is 14.5. The van der Waals surface area contributed by atoms with Crippen molar-refractivity contribution in [2.24, 2.45) is 0 Å². The smallest absolute Gasteiger partial charge is 0.136 e. The average molecular weight is 346 g/mol. The van der Waals surface area contributed by atoms with Crippen molar-refractivity contribution in [1.29, 1.82) is 0 Å². The summed E-state index contributed by atoms with van der Waals surface area (Å²) in [7, 11) is 1.59. The Labute approximate surface area is 146 Å². The first-order valence-electron chi connectivity index (χ1n) is 8.36. The number of benzene rings is 2. The number of ether oxygens (including phenoxy) is 2. The summed E-state index contributed by atoms with van der Waals surface area (Å²) in [5, 5.41) is 10.5. The van der Waals surface area contributed by atoms with E-state index in [0.717, 1.165) is 17.5 Å². The molecule has 1 aliphatic rings. The summed E-state index contributed by atoms with van der Waals surface area (Å²) >= 11 is 0. The number of methoxy groups -OCH3 is 1. The lowest BCUT2D eigenvalue weighted by atomic mass is 9.95. The van der Waals surface area contributed by atoms with Crippen LogP contribution in [0.3, 0.4) is 0 Å². The van der Waals surface area contributed by atoms with E-state index in [1.807, 2.05) is 19.9 Å². The maximum atomic E-state index is 13.1. The number of nitrogens with one attached hydrogen (secondary N) is 2. The molecule has 3 rings (SSSR count). The van der Waals surface area contributed by atoms with E-state index in [9.17, 15) is 9.50 Å². The van der Waals surface area contributed by atoms with Crippen molar-refractivity contribution in [3.05, 3.63) is 53.3 Å². The Balaban J connectivity index is 1.91. The molecule has 0 aromatic heterocycles. The van der Waals surface area contributed by atoms with E-state index in [0.29, 0.717) is 11.5 Å². The van der Waals surface area contributed by atoms with Gasteiger partial charge in [-0.15, -0.1) is 0 Å². The van der Waals surface area contributed by atoms with Gasteiger partial charge in [-0.25, -0.2) is 9.82 Å². The summed E-state index contributed by atoms with van der Waals surface area (Å²) < 4.78 is 24.5. The number of hydrazine groups is 1. The number of phenols is 1. The molecular weight excluding hydrogens is 323 g/mol. The normalized spacial score (nSPS) is 22.8. The molecule has 1 saturated heterocycles. The molecule has 0 spiro atoms. The van der Waals surface area contributed by atoms with Gasteiger partial charge >= 0.3 is 0 Å². The van der Waals surface area contributed by atoms with Crippen molar-refractivity contribution in [1.82, 2.24) is 10.9 Å². The highest BCUT2D eigenvalue weighted by atomic mass is 19.1. The lowest BCUT2D eigenvalue weighted by molar-refractivity contribution is 0.170. The van der Waals surface area contributed by atoms with E-state index in [4.69, 9.17) is 9.47 Å². The fourth-order valence-corrected chi connectivity index (χ4v) is 3.12. The number of rotatable bonds is 5. The van der Waals surface area contributed by atoms with E-state index in [2.05, 4.69) is 10.9 Å². The highest BCUT2D eigenvalue weighted by molar-refractivity contribution is 5.48. The Hall–Kier alpha value is -2.31. The molecule has 1 aliphatic heterocycles. The third-order valence-corrected chi connectivity index (χ3v) is 4.52. The molecule has 0 saturated carbocycles. The molecule has 3 unspecified atom stereocenters. The van der Waals surface area contributed by atoms with Crippen LogP contribution in [0.4, 0.5) is 4.39 Å². The Morgan fingerprint density at radius 3 is 2.52 bits per heavy atom. The summed E-state index contributed by atoms with van der Waals surface area (Å²) in [5.74, 6) is 1.09. The minimum Gasteiger partial charge on any atom is -0.507 e. The maximum absolute atomic E-state index is 13.1. The van der Waals surface area contributed by atoms with Crippen LogP contribution in [-0.2, 0) is 6.42 Å². The Bertz CT molecular complexity index is 736. The Morgan fingerprint density at radius 1 is 1.16 bits per heavy atom. The maximum Gasteiger partial charge on any atom is 0.136 e. The van der Waals surface area contributed by atoms with Crippen molar-refractivity contribution in [3.8, 4) is 17.2 Å². The van der Waals surface area contributed by atoms with Gasteiger partial charge in [-0.05, 0) is 49.2 Å². The van der Waals surface area contributed by atoms with Crippen molar-refractivity contribution >= 4 is 0 Å². The van der Waals surface area contributed by atoms with Crippen molar-refractivity contribution in [3.63, 3.8) is 0 Å². The monoisotopic (exact) mass is 346 g/mol. The predicted molar refractivity (Wildman–Crippen MR) is 93.3 cm³/mol. The molecular formula is C19H23FN2O3. The summed E-state index contributed by atoms with van der Waals surface area (Å²) in [6.45, 7) is 4.02. The topological polar surface area (TPSA) is 62.8 Å². The fraction of sp³-hybridized carbons (Fsp3) is 0.368. The van der Waals surface area contributed by atoms with Crippen LogP contribution in [0.5, 0.6) is 17.2 Å². The highest BCUT2D eigenvalue weighted by Gasteiger charge is 2.37. The molecule has 3 atom stereocenters. The van der Waals surface area contributed by atoms with Crippen LogP contribution in [0.1, 0.15) is 31.0 Å². The number of hydrogen-bond donors (Lipinski definition) is 3. The third kappa shape index (κ3) is 3.55. The number of aryl methyl sites for hydroxylation is 1. The lowest BCUT2D eigenvalue weighted by Crippen LogP contribution is -2.33. The second-order valence-corrected chi connectivity index (χ2v) is 6.17. The Morgan fingerprint density at radius 2 is 1.88 bits per heavy atom. The molecule has 0 bridgehead atoms. The highest BCUT2D eigenvalue weighted by Crippen LogP contribution is 2.36. The predicted octanol–water partition coefficient (Wildman–Crippen LogP) is 3.09. The van der Waals surface area contributed by atoms with Gasteiger partial charge in [-0.1, -0.05) is 6.92 Å². The SMILES string of the molecule is CCc1cc(C2NNC(C)C2Oc2ccc(F)cc2)c(O)cc1OC. The van der Waals surface area contributed by atoms with Gasteiger partial charge in [0.1, 0.15) is 29.2 Å². The van der Waals surface area contributed by atoms with E-state index in [1.165, 1.54) is 12.1 Å². The summed E-state index contributed by atoms with van der Waals surface area (Å²) in [6, 6.07) is 9.25. The number of aromatic hydroxyl groups is 1. The second kappa shape index (κ2) is 7.29. The van der Waals surface area contributed by atoms with Gasteiger partial charge in [0.2, 0.25) is 0 Å². The van der Waals surface area contributed by atoms with Gasteiger partial charge in [-0.3, -0.25) is 5.43 Å². The van der Waals surface area contributed by atoms with Crippen LogP contribution in [0.25, 0.3) is 0 Å². The second-order valence-electron chi connectivity index (χ2n) is 6.17. The van der Waals surface area contributed by atoms with E-state index >= 15 is 0 Å². The molecule has 3 N–H and O–H groups in total. The van der Waals surface area contributed by atoms with E-state index in [-0.39, 0.29) is 29.8 Å². The van der Waals surface area contributed by atoms with Gasteiger partial charge in [0.25, 0.3) is 0 Å². The fourth-order valence-electron chi connectivity index (χ4n) is 3.12. The number of hydrogen-bond acceptors (Lipinski definition) is 5. The van der Waals surface area contributed by atoms with Crippen LogP contribution < -0.4 is 20.3 Å². The largest absolute Gasteiger partial charge is 0.507 e. The van der Waals surface area contributed by atoms with Crippen molar-refractivity contribution in [2.75, 3.05) is 7.11 Å². The van der Waals surface area contributed by atoms with Gasteiger partial charge in [0.15, 0.2) is 0 Å². The molecule has 0 amide bonds. The average Bonchev–Trinajstić information content (AvgIpc) is 2.97. The molecule has 2 aromatic rings. The van der Waals surface area contributed by atoms with Crippen molar-refractivity contribution < 1.29 is 19.0 Å². The molecule has 0 radical (unpaired) electrons. The minimum absolute atomic E-state index is 0.00151. The van der Waals surface area contributed by atoms with Crippen LogP contribution in [0.15, 0.2) is 36.4 Å². The van der Waals surface area contributed by atoms with Gasteiger partial charge in [0, 0.05) is 11.6 Å². The van der Waals surface area contributed by atoms with Gasteiger partial charge in [-0.2, -0.15) is 0 Å². The van der Waals surface area contributed by atoms with Crippen LogP contribution in [-0.4, -0.2) is 24.4 Å². The molecule has 5 nitrogen and oxygen atoms in total.